The average molecular weight is 1180 g/mol. The van der Waals surface area contributed by atoms with Crippen LogP contribution in [0.3, 0.4) is 0 Å². The number of benzene rings is 2. The van der Waals surface area contributed by atoms with Gasteiger partial charge in [0.1, 0.15) is 42.3 Å². The van der Waals surface area contributed by atoms with E-state index in [0.717, 1.165) is 21.8 Å². The van der Waals surface area contributed by atoms with Crippen LogP contribution in [0.2, 0.25) is 0 Å². The van der Waals surface area contributed by atoms with Crippen LogP contribution in [0.5, 0.6) is 0 Å². The molecule has 0 spiro atoms. The number of hydrogen-bond donors (Lipinski definition) is 17. The van der Waals surface area contributed by atoms with E-state index < -0.39 is 113 Å². The summed E-state index contributed by atoms with van der Waals surface area (Å²) in [5.74, 6) is -8.62. The molecule has 4 aromatic rings. The molecule has 0 saturated carbocycles. The third-order valence-corrected chi connectivity index (χ3v) is 14.7. The Morgan fingerprint density at radius 2 is 0.824 bits per heavy atom. The van der Waals surface area contributed by atoms with Gasteiger partial charge in [-0.3, -0.25) is 48.5 Å². The molecule has 0 bridgehead atoms. The third kappa shape index (κ3) is 21.6. The van der Waals surface area contributed by atoms with Crippen molar-refractivity contribution in [3.63, 3.8) is 0 Å². The van der Waals surface area contributed by atoms with Gasteiger partial charge in [0, 0.05) is 66.7 Å². The monoisotopic (exact) mass is 1180 g/mol. The summed E-state index contributed by atoms with van der Waals surface area (Å²) in [5.41, 5.74) is 41.8. The highest BCUT2D eigenvalue weighted by atomic mass is 16.4. The number of fused-ring (bicyclic) bond motifs is 2. The Morgan fingerprint density at radius 1 is 0.471 bits per heavy atom. The molecule has 0 aliphatic rings. The zero-order valence-electron chi connectivity index (χ0n) is 49.4. The maximum absolute atomic E-state index is 14.9. The standard InChI is InChI=1S/C57H89N19O9/c1-7-31(5)45(52(82)71-41(54(84)85)22-15-25-67-57(63)64)75-50(80)43(27-34-29-69-39-20-12-10-17-36(34)39)73-51(81)44(30(3)4)74-53(83)46(32(6)8-2)76-49(79)42(26-33-28-68-38-19-11-9-16-35(33)38)72-48(78)40(21-14-24-66-56(61)62)70-47(77)37(58)18-13-23-65-55(59)60/h9-12,16-17,19-20,28-32,37,40-46,68-69H,7-8,13-15,18,21-27,58H2,1-6H3,(H,70,77)(H,71,82)(H,72,78)(H,73,81)(H,74,83)(H,75,80)(H,76,79)(H,84,85)(H4,59,60,65)(H4,61,62,66)(H4,63,64,67)/t31-,32-,37-,40-,41-,42-,43-,44-,45-,46-/m0/s1. The van der Waals surface area contributed by atoms with Crippen LogP contribution >= 0.6 is 0 Å². The van der Waals surface area contributed by atoms with Gasteiger partial charge in [-0.15, -0.1) is 0 Å². The number of aromatic nitrogens is 2. The largest absolute Gasteiger partial charge is 0.480 e. The molecule has 0 saturated heterocycles. The molecule has 85 heavy (non-hydrogen) atoms. The Bertz CT molecular complexity index is 2980. The SMILES string of the molecule is CC[C@H](C)[C@H](NC(=O)[C@H](Cc1c[nH]c2ccccc12)NC(=O)[C@@H](NC(=O)[C@@H](NC(=O)[C@H](Cc1c[nH]c2ccccc12)NC(=O)[C@H](CCCN=C(N)N)NC(=O)[C@@H](N)CCCN=C(N)N)[C@@H](C)CC)C(C)C)C(=O)N[C@@H](CCCN=C(N)N)C(=O)O. The quantitative estimate of drug-likeness (QED) is 0.0150. The summed E-state index contributed by atoms with van der Waals surface area (Å²) in [6.07, 6.45) is 5.03. The molecular weight excluding hydrogens is 1090 g/mol. The highest BCUT2D eigenvalue weighted by Gasteiger charge is 2.38. The van der Waals surface area contributed by atoms with E-state index in [1.54, 1.807) is 47.0 Å². The van der Waals surface area contributed by atoms with Crippen molar-refractivity contribution in [2.24, 2.45) is 72.9 Å². The number of nitrogens with one attached hydrogen (secondary N) is 9. The van der Waals surface area contributed by atoms with Gasteiger partial charge >= 0.3 is 5.97 Å². The van der Waals surface area contributed by atoms with Gasteiger partial charge in [0.25, 0.3) is 0 Å². The van der Waals surface area contributed by atoms with Gasteiger partial charge in [-0.05, 0) is 79.5 Å². The summed E-state index contributed by atoms with van der Waals surface area (Å²) in [6.45, 7) is 10.9. The Balaban J connectivity index is 1.65. The fraction of sp³-hybridized carbons (Fsp3) is 0.526. The number of nitrogens with zero attached hydrogens (tertiary/aromatic N) is 3. The van der Waals surface area contributed by atoms with Crippen molar-refractivity contribution in [2.45, 2.75) is 154 Å². The van der Waals surface area contributed by atoms with Gasteiger partial charge in [0.2, 0.25) is 41.4 Å². The molecular formula is C57H89N19O9. The summed E-state index contributed by atoms with van der Waals surface area (Å²) in [5, 5.41) is 30.9. The molecule has 24 N–H and O–H groups in total. The first-order valence-corrected chi connectivity index (χ1v) is 28.7. The Labute approximate surface area is 494 Å². The van der Waals surface area contributed by atoms with Gasteiger partial charge in [0.05, 0.1) is 6.04 Å². The number of rotatable bonds is 36. The third-order valence-electron chi connectivity index (χ3n) is 14.7. The number of aliphatic imine (C=N–C) groups is 3. The van der Waals surface area contributed by atoms with Crippen molar-refractivity contribution in [2.75, 3.05) is 19.6 Å². The van der Waals surface area contributed by atoms with E-state index in [1.165, 1.54) is 0 Å². The van der Waals surface area contributed by atoms with Crippen LogP contribution in [0.25, 0.3) is 21.8 Å². The smallest absolute Gasteiger partial charge is 0.326 e. The number of guanidine groups is 3. The number of amides is 7. The number of aromatic amines is 2. The number of carboxylic acids is 1. The first-order chi connectivity index (χ1) is 40.3. The number of H-pyrrole nitrogens is 2. The zero-order valence-corrected chi connectivity index (χ0v) is 49.4. The van der Waals surface area contributed by atoms with E-state index in [0.29, 0.717) is 30.4 Å². The molecule has 0 aliphatic heterocycles. The van der Waals surface area contributed by atoms with Crippen molar-refractivity contribution >= 4 is 87.0 Å². The number of carboxylic acid groups (broad SMARTS) is 1. The van der Waals surface area contributed by atoms with Crippen molar-refractivity contribution < 1.29 is 43.5 Å². The van der Waals surface area contributed by atoms with E-state index in [-0.39, 0.29) is 82.5 Å². The second-order valence-corrected chi connectivity index (χ2v) is 21.6. The second kappa shape index (κ2) is 34.0. The molecule has 28 heteroatoms. The number of carbonyl (C=O) groups excluding carboxylic acids is 7. The lowest BCUT2D eigenvalue weighted by Crippen LogP contribution is -2.62. The molecule has 2 heterocycles. The van der Waals surface area contributed by atoms with Crippen LogP contribution in [0, 0.1) is 17.8 Å². The van der Waals surface area contributed by atoms with Crippen molar-refractivity contribution in [1.82, 2.24) is 47.2 Å². The van der Waals surface area contributed by atoms with Gasteiger partial charge in [0.15, 0.2) is 17.9 Å². The molecule has 7 amide bonds. The minimum absolute atomic E-state index is 0.0169. The van der Waals surface area contributed by atoms with E-state index in [1.807, 2.05) is 55.5 Å². The number of para-hydroxylation sites is 2. The highest BCUT2D eigenvalue weighted by Crippen LogP contribution is 2.22. The van der Waals surface area contributed by atoms with Crippen LogP contribution < -0.4 is 77.4 Å². The topological polar surface area (TPSA) is 492 Å². The fourth-order valence-electron chi connectivity index (χ4n) is 9.41. The Kier molecular flexibility index (Phi) is 27.4. The summed E-state index contributed by atoms with van der Waals surface area (Å²) >= 11 is 0. The lowest BCUT2D eigenvalue weighted by atomic mass is 9.95. The lowest BCUT2D eigenvalue weighted by molar-refractivity contribution is -0.143. The van der Waals surface area contributed by atoms with Gasteiger partial charge in [-0.1, -0.05) is 90.8 Å². The van der Waals surface area contributed by atoms with Gasteiger partial charge < -0.3 is 92.4 Å². The normalized spacial score (nSPS) is 14.8. The molecule has 0 aliphatic carbocycles. The molecule has 2 aromatic heterocycles. The first-order valence-electron chi connectivity index (χ1n) is 28.7. The van der Waals surface area contributed by atoms with Gasteiger partial charge in [-0.25, -0.2) is 4.79 Å². The predicted octanol–water partition coefficient (Wildman–Crippen LogP) is -0.851. The number of aliphatic carboxylic acids is 1. The molecule has 466 valence electrons. The number of hydrogen-bond acceptors (Lipinski definition) is 12. The lowest BCUT2D eigenvalue weighted by Gasteiger charge is -2.31. The molecule has 28 nitrogen and oxygen atoms in total. The van der Waals surface area contributed by atoms with Crippen LogP contribution in [0.15, 0.2) is 75.9 Å². The molecule has 0 fully saturated rings. The minimum atomic E-state index is -1.36. The second-order valence-electron chi connectivity index (χ2n) is 21.6. The highest BCUT2D eigenvalue weighted by molar-refractivity contribution is 5.99. The molecule has 2 aromatic carbocycles. The van der Waals surface area contributed by atoms with Crippen LogP contribution in [-0.2, 0) is 51.2 Å². The van der Waals surface area contributed by atoms with Crippen LogP contribution in [0.4, 0.5) is 0 Å². The zero-order chi connectivity index (χ0) is 62.9. The van der Waals surface area contributed by atoms with Gasteiger partial charge in [-0.2, -0.15) is 0 Å². The van der Waals surface area contributed by atoms with Crippen molar-refractivity contribution in [1.29, 1.82) is 0 Å². The molecule has 10 atom stereocenters. The summed E-state index contributed by atoms with van der Waals surface area (Å²) < 4.78 is 0. The first kappa shape index (κ1) is 68.5. The molecule has 0 unspecified atom stereocenters. The Morgan fingerprint density at radius 3 is 1.25 bits per heavy atom. The summed E-state index contributed by atoms with van der Waals surface area (Å²) in [4.78, 5) is 131. The number of carbonyl (C=O) groups is 8. The van der Waals surface area contributed by atoms with E-state index >= 15 is 0 Å². The maximum Gasteiger partial charge on any atom is 0.326 e. The van der Waals surface area contributed by atoms with Crippen LogP contribution in [-0.4, -0.2) is 148 Å². The molecule has 4 rings (SSSR count). The average Bonchev–Trinajstić information content (AvgIpc) is 3.43. The minimum Gasteiger partial charge on any atom is -0.480 e. The van der Waals surface area contributed by atoms with E-state index in [2.05, 4.69) is 62.2 Å². The van der Waals surface area contributed by atoms with Crippen LogP contribution in [0.1, 0.15) is 104 Å². The van der Waals surface area contributed by atoms with Crippen molar-refractivity contribution in [3.05, 3.63) is 72.1 Å². The fourth-order valence-corrected chi connectivity index (χ4v) is 9.41. The van der Waals surface area contributed by atoms with E-state index in [4.69, 9.17) is 40.1 Å². The number of nitrogens with two attached hydrogens (primary N) is 7. The maximum atomic E-state index is 14.9. The summed E-state index contributed by atoms with van der Waals surface area (Å²) in [7, 11) is 0. The summed E-state index contributed by atoms with van der Waals surface area (Å²) in [6, 6.07) is 4.51. The predicted molar refractivity (Wildman–Crippen MR) is 327 cm³/mol. The van der Waals surface area contributed by atoms with E-state index in [9.17, 15) is 43.5 Å². The molecule has 0 radical (unpaired) electrons. The van der Waals surface area contributed by atoms with Crippen molar-refractivity contribution in [3.8, 4) is 0 Å². The Hall–Kier alpha value is -8.95.